The molecule has 0 bridgehead atoms. The highest BCUT2D eigenvalue weighted by Crippen LogP contribution is 2.15. The number of ether oxygens (including phenoxy) is 1. The van der Waals surface area contributed by atoms with Crippen LogP contribution in [0, 0.1) is 5.82 Å². The Bertz CT molecular complexity index is 958. The molecule has 0 aliphatic heterocycles. The van der Waals surface area contributed by atoms with Gasteiger partial charge in [-0.25, -0.2) is 19.2 Å². The molecule has 2 aromatic carbocycles. The molecule has 1 amide bonds. The van der Waals surface area contributed by atoms with Gasteiger partial charge in [-0.2, -0.15) is 0 Å². The number of carbonyl (C=O) groups is 2. The van der Waals surface area contributed by atoms with Crippen LogP contribution < -0.4 is 10.6 Å². The summed E-state index contributed by atoms with van der Waals surface area (Å²) < 4.78 is 17.5. The van der Waals surface area contributed by atoms with E-state index in [9.17, 15) is 14.0 Å². The first kappa shape index (κ1) is 19.0. The average Bonchev–Trinajstić information content (AvgIpc) is 2.73. The van der Waals surface area contributed by atoms with Crippen molar-refractivity contribution in [3.8, 4) is 0 Å². The molecule has 2 N–H and O–H groups in total. The fourth-order valence-electron chi connectivity index (χ4n) is 2.34. The van der Waals surface area contributed by atoms with Gasteiger partial charge in [0.1, 0.15) is 17.3 Å². The van der Waals surface area contributed by atoms with Crippen LogP contribution in [0.4, 0.5) is 15.9 Å². The number of amides is 1. The second-order valence-corrected chi connectivity index (χ2v) is 5.79. The predicted molar refractivity (Wildman–Crippen MR) is 101 cm³/mol. The molecule has 0 radical (unpaired) electrons. The van der Waals surface area contributed by atoms with Crippen LogP contribution in [-0.4, -0.2) is 29.0 Å². The second-order valence-electron chi connectivity index (χ2n) is 5.79. The highest BCUT2D eigenvalue weighted by molar-refractivity contribution is 5.92. The van der Waals surface area contributed by atoms with E-state index in [0.29, 0.717) is 17.1 Å². The summed E-state index contributed by atoms with van der Waals surface area (Å²) >= 11 is 0. The van der Waals surface area contributed by atoms with Crippen LogP contribution in [0.25, 0.3) is 0 Å². The van der Waals surface area contributed by atoms with Crippen LogP contribution in [-0.2, 0) is 11.3 Å². The molecular formula is C20H17FN4O3. The third-order valence-corrected chi connectivity index (χ3v) is 3.83. The lowest BCUT2D eigenvalue weighted by Gasteiger charge is -2.07. The van der Waals surface area contributed by atoms with Crippen LogP contribution in [0.1, 0.15) is 26.4 Å². The molecule has 0 unspecified atom stereocenters. The van der Waals surface area contributed by atoms with E-state index in [1.165, 1.54) is 31.6 Å². The highest BCUT2D eigenvalue weighted by Gasteiger charge is 2.09. The lowest BCUT2D eigenvalue weighted by Crippen LogP contribution is -2.24. The van der Waals surface area contributed by atoms with Crippen LogP contribution in [0.5, 0.6) is 0 Å². The monoisotopic (exact) mass is 380 g/mol. The van der Waals surface area contributed by atoms with Gasteiger partial charge in [0.15, 0.2) is 0 Å². The van der Waals surface area contributed by atoms with Crippen molar-refractivity contribution in [2.45, 2.75) is 6.54 Å². The summed E-state index contributed by atoms with van der Waals surface area (Å²) in [5.74, 6) is -0.682. The molecule has 0 saturated heterocycles. The maximum Gasteiger partial charge on any atom is 0.337 e. The van der Waals surface area contributed by atoms with Crippen molar-refractivity contribution in [1.29, 1.82) is 0 Å². The van der Waals surface area contributed by atoms with Gasteiger partial charge in [-0.1, -0.05) is 12.1 Å². The molecule has 1 aromatic heterocycles. The van der Waals surface area contributed by atoms with E-state index in [1.807, 2.05) is 0 Å². The number of halogens is 1. The van der Waals surface area contributed by atoms with E-state index in [0.717, 1.165) is 5.56 Å². The standard InChI is InChI=1S/C20H17FN4O3/c1-28-20(27)14-4-8-16(9-5-14)25-18-12-22-17(11-23-18)19(26)24-10-13-2-6-15(21)7-3-13/h2-9,11-12H,10H2,1H3,(H,23,25)(H,24,26). The molecule has 0 aliphatic rings. The predicted octanol–water partition coefficient (Wildman–Crippen LogP) is 3.08. The maximum atomic E-state index is 12.9. The summed E-state index contributed by atoms with van der Waals surface area (Å²) in [7, 11) is 1.32. The van der Waals surface area contributed by atoms with Crippen LogP contribution >= 0.6 is 0 Å². The van der Waals surface area contributed by atoms with Gasteiger partial charge in [0.2, 0.25) is 0 Å². The Morgan fingerprint density at radius 3 is 2.32 bits per heavy atom. The summed E-state index contributed by atoms with van der Waals surface area (Å²) in [5, 5.41) is 5.72. The lowest BCUT2D eigenvalue weighted by molar-refractivity contribution is 0.0600. The molecule has 0 aliphatic carbocycles. The minimum atomic E-state index is -0.414. The third-order valence-electron chi connectivity index (χ3n) is 3.83. The van der Waals surface area contributed by atoms with Crippen molar-refractivity contribution in [1.82, 2.24) is 15.3 Å². The van der Waals surface area contributed by atoms with Crippen LogP contribution in [0.3, 0.4) is 0 Å². The van der Waals surface area contributed by atoms with E-state index in [4.69, 9.17) is 0 Å². The first-order chi connectivity index (χ1) is 13.5. The number of carbonyl (C=O) groups excluding carboxylic acids is 2. The molecule has 0 spiro atoms. The highest BCUT2D eigenvalue weighted by atomic mass is 19.1. The average molecular weight is 380 g/mol. The molecule has 3 rings (SSSR count). The molecule has 0 fully saturated rings. The molecule has 28 heavy (non-hydrogen) atoms. The van der Waals surface area contributed by atoms with Crippen molar-refractivity contribution in [3.63, 3.8) is 0 Å². The number of anilines is 2. The van der Waals surface area contributed by atoms with E-state index >= 15 is 0 Å². The van der Waals surface area contributed by atoms with Crippen LogP contribution in [0.15, 0.2) is 60.9 Å². The Kier molecular flexibility index (Phi) is 5.91. The minimum absolute atomic E-state index is 0.161. The quantitative estimate of drug-likeness (QED) is 0.639. The van der Waals surface area contributed by atoms with Crippen LogP contribution in [0.2, 0.25) is 0 Å². The van der Waals surface area contributed by atoms with E-state index in [-0.39, 0.29) is 24.0 Å². The topological polar surface area (TPSA) is 93.2 Å². The van der Waals surface area contributed by atoms with Gasteiger partial charge >= 0.3 is 5.97 Å². The van der Waals surface area contributed by atoms with Crippen molar-refractivity contribution in [3.05, 3.63) is 83.6 Å². The van der Waals surface area contributed by atoms with Crippen molar-refractivity contribution in [2.75, 3.05) is 12.4 Å². The zero-order valence-corrected chi connectivity index (χ0v) is 15.0. The van der Waals surface area contributed by atoms with Gasteiger partial charge in [0.25, 0.3) is 5.91 Å². The summed E-state index contributed by atoms with van der Waals surface area (Å²) in [6.07, 6.45) is 2.78. The maximum absolute atomic E-state index is 12.9. The molecule has 1 heterocycles. The molecule has 142 valence electrons. The largest absolute Gasteiger partial charge is 0.465 e. The minimum Gasteiger partial charge on any atom is -0.465 e. The number of aromatic nitrogens is 2. The fraction of sp³-hybridized carbons (Fsp3) is 0.100. The Balaban J connectivity index is 1.57. The van der Waals surface area contributed by atoms with Gasteiger partial charge in [0, 0.05) is 12.2 Å². The Labute approximate surface area is 160 Å². The molecule has 3 aromatic rings. The van der Waals surface area contributed by atoms with Gasteiger partial charge < -0.3 is 15.4 Å². The van der Waals surface area contributed by atoms with Crippen molar-refractivity contribution in [2.24, 2.45) is 0 Å². The Morgan fingerprint density at radius 1 is 1.00 bits per heavy atom. The second kappa shape index (κ2) is 8.72. The Hall–Kier alpha value is -3.81. The molecular weight excluding hydrogens is 363 g/mol. The van der Waals surface area contributed by atoms with Crippen molar-refractivity contribution >= 4 is 23.4 Å². The van der Waals surface area contributed by atoms with Gasteiger partial charge in [-0.15, -0.1) is 0 Å². The number of esters is 1. The smallest absolute Gasteiger partial charge is 0.337 e. The molecule has 7 nitrogen and oxygen atoms in total. The number of hydrogen-bond donors (Lipinski definition) is 2. The number of nitrogens with one attached hydrogen (secondary N) is 2. The zero-order chi connectivity index (χ0) is 19.9. The number of benzene rings is 2. The fourth-order valence-corrected chi connectivity index (χ4v) is 2.34. The Morgan fingerprint density at radius 2 is 1.71 bits per heavy atom. The first-order valence-corrected chi connectivity index (χ1v) is 8.35. The third kappa shape index (κ3) is 4.88. The summed E-state index contributed by atoms with van der Waals surface area (Å²) in [6.45, 7) is 0.257. The van der Waals surface area contributed by atoms with Crippen molar-refractivity contribution < 1.29 is 18.7 Å². The number of rotatable bonds is 6. The van der Waals surface area contributed by atoms with E-state index in [1.54, 1.807) is 36.4 Å². The molecule has 0 saturated carbocycles. The van der Waals surface area contributed by atoms with Gasteiger partial charge in [-0.3, -0.25) is 4.79 Å². The van der Waals surface area contributed by atoms with E-state index in [2.05, 4.69) is 25.3 Å². The van der Waals surface area contributed by atoms with E-state index < -0.39 is 5.97 Å². The first-order valence-electron chi connectivity index (χ1n) is 8.35. The number of hydrogen-bond acceptors (Lipinski definition) is 6. The van der Waals surface area contributed by atoms with Gasteiger partial charge in [0.05, 0.1) is 25.1 Å². The van der Waals surface area contributed by atoms with Gasteiger partial charge in [-0.05, 0) is 42.0 Å². The number of methoxy groups -OCH3 is 1. The lowest BCUT2D eigenvalue weighted by atomic mass is 10.2. The summed E-state index contributed by atoms with van der Waals surface area (Å²) in [5.41, 5.74) is 2.08. The number of nitrogens with zero attached hydrogens (tertiary/aromatic N) is 2. The summed E-state index contributed by atoms with van der Waals surface area (Å²) in [4.78, 5) is 31.8. The molecule has 0 atom stereocenters. The normalized spacial score (nSPS) is 10.2. The molecule has 8 heteroatoms. The zero-order valence-electron chi connectivity index (χ0n) is 15.0. The SMILES string of the molecule is COC(=O)c1ccc(Nc2cnc(C(=O)NCc3ccc(F)cc3)cn2)cc1. The summed E-state index contributed by atoms with van der Waals surface area (Å²) in [6, 6.07) is 12.5.